The molecule has 21 heavy (non-hydrogen) atoms. The van der Waals surface area contributed by atoms with Gasteiger partial charge in [0.25, 0.3) is 0 Å². The molecular formula is C18H24O3. The minimum atomic E-state index is -0.131. The number of esters is 1. The highest BCUT2D eigenvalue weighted by molar-refractivity contribution is 6.02. The van der Waals surface area contributed by atoms with E-state index in [1.807, 2.05) is 32.0 Å². The van der Waals surface area contributed by atoms with E-state index >= 15 is 0 Å². The van der Waals surface area contributed by atoms with Gasteiger partial charge in [0.1, 0.15) is 0 Å². The molecule has 2 rings (SSSR count). The monoisotopic (exact) mass is 288 g/mol. The molecule has 3 nitrogen and oxygen atoms in total. The number of rotatable bonds is 6. The second-order valence-corrected chi connectivity index (χ2v) is 5.68. The van der Waals surface area contributed by atoms with Crippen molar-refractivity contribution in [2.75, 3.05) is 6.61 Å². The van der Waals surface area contributed by atoms with Crippen LogP contribution in [-0.2, 0) is 22.4 Å². The van der Waals surface area contributed by atoms with Crippen molar-refractivity contribution in [3.8, 4) is 0 Å². The quantitative estimate of drug-likeness (QED) is 0.751. The van der Waals surface area contributed by atoms with Crippen LogP contribution in [0, 0.1) is 11.8 Å². The molecule has 1 aromatic carbocycles. The summed E-state index contributed by atoms with van der Waals surface area (Å²) in [4.78, 5) is 24.3. The summed E-state index contributed by atoms with van der Waals surface area (Å²) < 4.78 is 5.14. The highest BCUT2D eigenvalue weighted by Crippen LogP contribution is 2.32. The van der Waals surface area contributed by atoms with Crippen LogP contribution >= 0.6 is 0 Å². The van der Waals surface area contributed by atoms with Crippen LogP contribution in [0.2, 0.25) is 0 Å². The molecule has 0 aliphatic heterocycles. The smallest absolute Gasteiger partial charge is 0.309 e. The SMILES string of the molecule is CCOC(=O)C(CC)Cc1cccc2c1C[C@H](CC)C2=O. The van der Waals surface area contributed by atoms with Gasteiger partial charge in [-0.2, -0.15) is 0 Å². The third-order valence-electron chi connectivity index (χ3n) is 4.43. The number of hydrogen-bond donors (Lipinski definition) is 0. The van der Waals surface area contributed by atoms with Crippen LogP contribution in [0.4, 0.5) is 0 Å². The Kier molecular flexibility index (Phi) is 5.16. The van der Waals surface area contributed by atoms with Gasteiger partial charge in [-0.15, -0.1) is 0 Å². The first-order valence-electron chi connectivity index (χ1n) is 7.93. The molecule has 1 aliphatic rings. The number of ketones is 1. The zero-order chi connectivity index (χ0) is 15.4. The van der Waals surface area contributed by atoms with E-state index in [9.17, 15) is 9.59 Å². The Morgan fingerprint density at radius 2 is 2.10 bits per heavy atom. The second-order valence-electron chi connectivity index (χ2n) is 5.68. The molecule has 0 bridgehead atoms. The number of Topliss-reactive ketones (excluding diaryl/α,β-unsaturated/α-hetero) is 1. The molecule has 1 unspecified atom stereocenters. The third kappa shape index (κ3) is 3.17. The van der Waals surface area contributed by atoms with Gasteiger partial charge >= 0.3 is 5.97 Å². The lowest BCUT2D eigenvalue weighted by molar-refractivity contribution is -0.148. The lowest BCUT2D eigenvalue weighted by Gasteiger charge is -2.15. The molecule has 0 spiro atoms. The van der Waals surface area contributed by atoms with Crippen molar-refractivity contribution in [1.82, 2.24) is 0 Å². The third-order valence-corrected chi connectivity index (χ3v) is 4.43. The molecular weight excluding hydrogens is 264 g/mol. The maximum Gasteiger partial charge on any atom is 0.309 e. The molecule has 1 aliphatic carbocycles. The fourth-order valence-electron chi connectivity index (χ4n) is 3.11. The van der Waals surface area contributed by atoms with E-state index in [1.165, 1.54) is 0 Å². The standard InChI is InChI=1S/C18H24O3/c1-4-12-11-16-14(8-7-9-15(16)17(12)19)10-13(5-2)18(20)21-6-3/h7-9,12-13H,4-6,10-11H2,1-3H3/t12-,13?/m0/s1. The average Bonchev–Trinajstić information content (AvgIpc) is 2.82. The van der Waals surface area contributed by atoms with Gasteiger partial charge in [0.05, 0.1) is 12.5 Å². The first-order chi connectivity index (χ1) is 10.1. The van der Waals surface area contributed by atoms with Gasteiger partial charge in [0.15, 0.2) is 5.78 Å². The molecule has 3 heteroatoms. The Labute approximate surface area is 126 Å². The van der Waals surface area contributed by atoms with Crippen molar-refractivity contribution >= 4 is 11.8 Å². The molecule has 0 fully saturated rings. The molecule has 0 N–H and O–H groups in total. The predicted molar refractivity (Wildman–Crippen MR) is 82.4 cm³/mol. The van der Waals surface area contributed by atoms with E-state index in [1.54, 1.807) is 0 Å². The van der Waals surface area contributed by atoms with Crippen molar-refractivity contribution in [3.63, 3.8) is 0 Å². The number of carbonyl (C=O) groups excluding carboxylic acids is 2. The van der Waals surface area contributed by atoms with Crippen molar-refractivity contribution in [2.24, 2.45) is 11.8 Å². The molecule has 0 amide bonds. The van der Waals surface area contributed by atoms with Crippen LogP contribution < -0.4 is 0 Å². The van der Waals surface area contributed by atoms with Gasteiger partial charge in [0.2, 0.25) is 0 Å². The Hall–Kier alpha value is -1.64. The largest absolute Gasteiger partial charge is 0.466 e. The lowest BCUT2D eigenvalue weighted by Crippen LogP contribution is -2.20. The molecule has 2 atom stereocenters. The van der Waals surface area contributed by atoms with Crippen LogP contribution in [0.15, 0.2) is 18.2 Å². The van der Waals surface area contributed by atoms with Gasteiger partial charge in [-0.25, -0.2) is 0 Å². The first kappa shape index (κ1) is 15.7. The topological polar surface area (TPSA) is 43.4 Å². The summed E-state index contributed by atoms with van der Waals surface area (Å²) in [6.45, 7) is 6.31. The Morgan fingerprint density at radius 3 is 2.71 bits per heavy atom. The summed E-state index contributed by atoms with van der Waals surface area (Å²) in [7, 11) is 0. The molecule has 1 aromatic rings. The minimum absolute atomic E-state index is 0.115. The molecule has 0 radical (unpaired) electrons. The van der Waals surface area contributed by atoms with Crippen molar-refractivity contribution < 1.29 is 14.3 Å². The molecule has 0 aromatic heterocycles. The summed E-state index contributed by atoms with van der Waals surface area (Å²) >= 11 is 0. The average molecular weight is 288 g/mol. The predicted octanol–water partition coefficient (Wildman–Crippen LogP) is 3.58. The Bertz CT molecular complexity index is 533. The first-order valence-corrected chi connectivity index (χ1v) is 7.93. The van der Waals surface area contributed by atoms with E-state index < -0.39 is 0 Å². The van der Waals surface area contributed by atoms with Crippen LogP contribution in [0.25, 0.3) is 0 Å². The minimum Gasteiger partial charge on any atom is -0.466 e. The van der Waals surface area contributed by atoms with E-state index in [4.69, 9.17) is 4.74 Å². The highest BCUT2D eigenvalue weighted by atomic mass is 16.5. The van der Waals surface area contributed by atoms with Crippen molar-refractivity contribution in [2.45, 2.75) is 46.5 Å². The van der Waals surface area contributed by atoms with E-state index in [-0.39, 0.29) is 23.6 Å². The number of benzene rings is 1. The summed E-state index contributed by atoms with van der Waals surface area (Å²) in [6.07, 6.45) is 3.12. The summed E-state index contributed by atoms with van der Waals surface area (Å²) in [5.74, 6) is 0.128. The van der Waals surface area contributed by atoms with E-state index in [0.29, 0.717) is 13.0 Å². The normalized spacial score (nSPS) is 18.4. The fourth-order valence-corrected chi connectivity index (χ4v) is 3.11. The van der Waals surface area contributed by atoms with E-state index in [0.717, 1.165) is 36.0 Å². The van der Waals surface area contributed by atoms with Crippen LogP contribution in [0.5, 0.6) is 0 Å². The lowest BCUT2D eigenvalue weighted by atomic mass is 9.92. The zero-order valence-corrected chi connectivity index (χ0v) is 13.1. The summed E-state index contributed by atoms with van der Waals surface area (Å²) in [6, 6.07) is 5.90. The van der Waals surface area contributed by atoms with Crippen LogP contribution in [0.1, 0.15) is 55.1 Å². The van der Waals surface area contributed by atoms with Crippen LogP contribution in [0.3, 0.4) is 0 Å². The van der Waals surface area contributed by atoms with Gasteiger partial charge in [-0.3, -0.25) is 9.59 Å². The number of ether oxygens (including phenoxy) is 1. The maximum atomic E-state index is 12.3. The Morgan fingerprint density at radius 1 is 1.33 bits per heavy atom. The molecule has 0 saturated heterocycles. The van der Waals surface area contributed by atoms with Gasteiger partial charge in [-0.05, 0) is 43.7 Å². The summed E-state index contributed by atoms with van der Waals surface area (Å²) in [5.41, 5.74) is 3.15. The molecule has 114 valence electrons. The molecule has 0 saturated carbocycles. The van der Waals surface area contributed by atoms with Crippen molar-refractivity contribution in [1.29, 1.82) is 0 Å². The zero-order valence-electron chi connectivity index (χ0n) is 13.1. The van der Waals surface area contributed by atoms with Gasteiger partial charge in [-0.1, -0.05) is 32.0 Å². The van der Waals surface area contributed by atoms with Crippen molar-refractivity contribution in [3.05, 3.63) is 34.9 Å². The second kappa shape index (κ2) is 6.88. The fraction of sp³-hybridized carbons (Fsp3) is 0.556. The Balaban J connectivity index is 2.23. The maximum absolute atomic E-state index is 12.3. The van der Waals surface area contributed by atoms with Gasteiger partial charge in [0, 0.05) is 11.5 Å². The molecule has 0 heterocycles. The van der Waals surface area contributed by atoms with Gasteiger partial charge < -0.3 is 4.74 Å². The van der Waals surface area contributed by atoms with E-state index in [2.05, 4.69) is 6.92 Å². The number of fused-ring (bicyclic) bond motifs is 1. The number of hydrogen-bond acceptors (Lipinski definition) is 3. The number of carbonyl (C=O) groups is 2. The van der Waals surface area contributed by atoms with Crippen LogP contribution in [-0.4, -0.2) is 18.4 Å². The highest BCUT2D eigenvalue weighted by Gasteiger charge is 2.31. The summed E-state index contributed by atoms with van der Waals surface area (Å²) in [5, 5.41) is 0.